The van der Waals surface area contributed by atoms with E-state index in [0.717, 1.165) is 11.1 Å². The van der Waals surface area contributed by atoms with Crippen LogP contribution in [0.25, 0.3) is 0 Å². The molecule has 0 radical (unpaired) electrons. The summed E-state index contributed by atoms with van der Waals surface area (Å²) in [6, 6.07) is 9.53. The third-order valence-electron chi connectivity index (χ3n) is 4.19. The highest BCUT2D eigenvalue weighted by atomic mass is 35.5. The van der Waals surface area contributed by atoms with E-state index < -0.39 is 0 Å². The zero-order valence-corrected chi connectivity index (χ0v) is 13.5. The SMILES string of the molecule is CCCCN(CCC(NC)c1ccc(Cl)cc1)C1CC1. The van der Waals surface area contributed by atoms with E-state index in [1.54, 1.807) is 0 Å². The number of hydrogen-bond acceptors (Lipinski definition) is 2. The van der Waals surface area contributed by atoms with Gasteiger partial charge in [-0.05, 0) is 57.0 Å². The summed E-state index contributed by atoms with van der Waals surface area (Å²) < 4.78 is 0. The van der Waals surface area contributed by atoms with Crippen LogP contribution >= 0.6 is 11.6 Å². The van der Waals surface area contributed by atoms with E-state index >= 15 is 0 Å². The highest BCUT2D eigenvalue weighted by molar-refractivity contribution is 6.30. The van der Waals surface area contributed by atoms with E-state index in [1.807, 2.05) is 19.2 Å². The molecule has 1 aliphatic carbocycles. The number of unbranched alkanes of at least 4 members (excludes halogenated alkanes) is 1. The summed E-state index contributed by atoms with van der Waals surface area (Å²) >= 11 is 5.97. The molecule has 1 unspecified atom stereocenters. The first-order chi connectivity index (χ1) is 9.74. The van der Waals surface area contributed by atoms with Crippen LogP contribution < -0.4 is 5.32 Å². The Morgan fingerprint density at radius 1 is 1.25 bits per heavy atom. The van der Waals surface area contributed by atoms with Crippen molar-refractivity contribution >= 4 is 11.6 Å². The summed E-state index contributed by atoms with van der Waals surface area (Å²) in [6.07, 6.45) is 6.57. The van der Waals surface area contributed by atoms with Gasteiger partial charge in [0, 0.05) is 23.7 Å². The van der Waals surface area contributed by atoms with Gasteiger partial charge in [-0.15, -0.1) is 0 Å². The van der Waals surface area contributed by atoms with Crippen LogP contribution in [0.15, 0.2) is 24.3 Å². The minimum Gasteiger partial charge on any atom is -0.313 e. The molecule has 112 valence electrons. The summed E-state index contributed by atoms with van der Waals surface area (Å²) in [4.78, 5) is 2.68. The third kappa shape index (κ3) is 4.76. The van der Waals surface area contributed by atoms with Crippen molar-refractivity contribution in [2.24, 2.45) is 0 Å². The zero-order chi connectivity index (χ0) is 14.4. The number of rotatable bonds is 9. The van der Waals surface area contributed by atoms with Crippen LogP contribution in [0.5, 0.6) is 0 Å². The van der Waals surface area contributed by atoms with Crippen molar-refractivity contribution in [3.63, 3.8) is 0 Å². The Morgan fingerprint density at radius 2 is 1.95 bits per heavy atom. The largest absolute Gasteiger partial charge is 0.313 e. The first kappa shape index (κ1) is 15.8. The average molecular weight is 295 g/mol. The molecule has 1 N–H and O–H groups in total. The molecular formula is C17H27ClN2. The van der Waals surface area contributed by atoms with Gasteiger partial charge in [0.05, 0.1) is 0 Å². The smallest absolute Gasteiger partial charge is 0.0406 e. The molecule has 0 amide bonds. The fraction of sp³-hybridized carbons (Fsp3) is 0.647. The Hall–Kier alpha value is -0.570. The molecule has 2 nitrogen and oxygen atoms in total. The van der Waals surface area contributed by atoms with E-state index in [-0.39, 0.29) is 0 Å². The lowest BCUT2D eigenvalue weighted by atomic mass is 10.0. The van der Waals surface area contributed by atoms with Gasteiger partial charge in [0.25, 0.3) is 0 Å². The Kier molecular flexibility index (Phi) is 6.34. The van der Waals surface area contributed by atoms with Gasteiger partial charge in [0.2, 0.25) is 0 Å². The second-order valence-electron chi connectivity index (χ2n) is 5.80. The first-order valence-corrected chi connectivity index (χ1v) is 8.29. The van der Waals surface area contributed by atoms with Crippen LogP contribution in [0.2, 0.25) is 5.02 Å². The Labute approximate surface area is 128 Å². The number of nitrogens with one attached hydrogen (secondary N) is 1. The Balaban J connectivity index is 1.87. The summed E-state index contributed by atoms with van der Waals surface area (Å²) in [5.74, 6) is 0. The molecule has 1 atom stereocenters. The Bertz CT molecular complexity index is 386. The monoisotopic (exact) mass is 294 g/mol. The molecule has 1 aromatic carbocycles. The number of halogens is 1. The fourth-order valence-electron chi connectivity index (χ4n) is 2.75. The molecule has 3 heteroatoms. The van der Waals surface area contributed by atoms with Gasteiger partial charge >= 0.3 is 0 Å². The molecule has 0 spiro atoms. The van der Waals surface area contributed by atoms with Crippen LogP contribution in [0.3, 0.4) is 0 Å². The van der Waals surface area contributed by atoms with E-state index in [4.69, 9.17) is 11.6 Å². The molecule has 1 aliphatic rings. The summed E-state index contributed by atoms with van der Waals surface area (Å²) in [6.45, 7) is 4.73. The highest BCUT2D eigenvalue weighted by Crippen LogP contribution is 2.28. The van der Waals surface area contributed by atoms with Gasteiger partial charge in [0.1, 0.15) is 0 Å². The van der Waals surface area contributed by atoms with Crippen molar-refractivity contribution in [3.05, 3.63) is 34.9 Å². The maximum atomic E-state index is 5.97. The molecule has 1 fully saturated rings. The molecule has 1 saturated carbocycles. The molecule has 0 aromatic heterocycles. The molecule has 0 aliphatic heterocycles. The standard InChI is InChI=1S/C17H27ClN2/c1-3-4-12-20(16-9-10-16)13-11-17(19-2)14-5-7-15(18)8-6-14/h5-8,16-17,19H,3-4,9-13H2,1-2H3. The van der Waals surface area contributed by atoms with Gasteiger partial charge in [-0.1, -0.05) is 37.1 Å². The van der Waals surface area contributed by atoms with Crippen LogP contribution in [0, 0.1) is 0 Å². The normalized spacial score (nSPS) is 16.6. The zero-order valence-electron chi connectivity index (χ0n) is 12.7. The molecule has 20 heavy (non-hydrogen) atoms. The van der Waals surface area contributed by atoms with Crippen molar-refractivity contribution < 1.29 is 0 Å². The summed E-state index contributed by atoms with van der Waals surface area (Å²) in [5, 5.41) is 4.25. The second kappa shape index (κ2) is 8.02. The van der Waals surface area contributed by atoms with E-state index in [0.29, 0.717) is 6.04 Å². The van der Waals surface area contributed by atoms with Crippen LogP contribution in [-0.4, -0.2) is 31.1 Å². The first-order valence-electron chi connectivity index (χ1n) is 7.91. The van der Waals surface area contributed by atoms with Crippen molar-refractivity contribution in [2.75, 3.05) is 20.1 Å². The van der Waals surface area contributed by atoms with Gasteiger partial charge in [-0.2, -0.15) is 0 Å². The third-order valence-corrected chi connectivity index (χ3v) is 4.44. The second-order valence-corrected chi connectivity index (χ2v) is 6.24. The van der Waals surface area contributed by atoms with Gasteiger partial charge in [0.15, 0.2) is 0 Å². The van der Waals surface area contributed by atoms with Gasteiger partial charge < -0.3 is 10.2 Å². The van der Waals surface area contributed by atoms with E-state index in [2.05, 4.69) is 29.3 Å². The lowest BCUT2D eigenvalue weighted by molar-refractivity contribution is 0.245. The predicted molar refractivity (Wildman–Crippen MR) is 87.4 cm³/mol. The Morgan fingerprint density at radius 3 is 2.50 bits per heavy atom. The van der Waals surface area contributed by atoms with Gasteiger partial charge in [-0.25, -0.2) is 0 Å². The molecule has 0 bridgehead atoms. The summed E-state index contributed by atoms with van der Waals surface area (Å²) in [5.41, 5.74) is 1.34. The maximum absolute atomic E-state index is 5.97. The quantitative estimate of drug-likeness (QED) is 0.732. The van der Waals surface area contributed by atoms with Crippen LogP contribution in [0.4, 0.5) is 0 Å². The van der Waals surface area contributed by atoms with Crippen LogP contribution in [-0.2, 0) is 0 Å². The predicted octanol–water partition coefficient (Wildman–Crippen LogP) is 4.26. The van der Waals surface area contributed by atoms with Gasteiger partial charge in [-0.3, -0.25) is 0 Å². The molecule has 0 heterocycles. The van der Waals surface area contributed by atoms with Crippen molar-refractivity contribution in [1.29, 1.82) is 0 Å². The lowest BCUT2D eigenvalue weighted by Gasteiger charge is -2.25. The van der Waals surface area contributed by atoms with E-state index in [1.165, 1.54) is 50.8 Å². The lowest BCUT2D eigenvalue weighted by Crippen LogP contribution is -2.31. The minimum atomic E-state index is 0.426. The molecular weight excluding hydrogens is 268 g/mol. The van der Waals surface area contributed by atoms with Crippen LogP contribution in [0.1, 0.15) is 50.6 Å². The molecule has 0 saturated heterocycles. The number of hydrogen-bond donors (Lipinski definition) is 1. The fourth-order valence-corrected chi connectivity index (χ4v) is 2.87. The average Bonchev–Trinajstić information content (AvgIpc) is 3.29. The van der Waals surface area contributed by atoms with Crippen molar-refractivity contribution in [3.8, 4) is 0 Å². The number of nitrogens with zero attached hydrogens (tertiary/aromatic N) is 1. The van der Waals surface area contributed by atoms with Crippen molar-refractivity contribution in [2.45, 2.75) is 51.1 Å². The minimum absolute atomic E-state index is 0.426. The molecule has 2 rings (SSSR count). The molecule has 1 aromatic rings. The maximum Gasteiger partial charge on any atom is 0.0406 e. The highest BCUT2D eigenvalue weighted by Gasteiger charge is 2.28. The van der Waals surface area contributed by atoms with E-state index in [9.17, 15) is 0 Å². The van der Waals surface area contributed by atoms with Crippen molar-refractivity contribution in [1.82, 2.24) is 10.2 Å². The topological polar surface area (TPSA) is 15.3 Å². The number of benzene rings is 1. The summed E-state index contributed by atoms with van der Waals surface area (Å²) in [7, 11) is 2.05.